The summed E-state index contributed by atoms with van der Waals surface area (Å²) in [4.78, 5) is 24.4. The molecule has 21 heavy (non-hydrogen) atoms. The first kappa shape index (κ1) is 15.2. The average Bonchev–Trinajstić information content (AvgIpc) is 2.84. The van der Waals surface area contributed by atoms with Crippen molar-refractivity contribution in [1.82, 2.24) is 10.2 Å². The number of carboxylic acid groups (broad SMARTS) is 1. The van der Waals surface area contributed by atoms with Crippen LogP contribution in [0.4, 0.5) is 13.6 Å². The summed E-state index contributed by atoms with van der Waals surface area (Å²) < 4.78 is 26.4. The van der Waals surface area contributed by atoms with Crippen LogP contribution in [0.2, 0.25) is 0 Å². The van der Waals surface area contributed by atoms with Crippen LogP contribution in [0, 0.1) is 17.0 Å². The predicted molar refractivity (Wildman–Crippen MR) is 70.5 cm³/mol. The molecule has 0 saturated carbocycles. The second-order valence-corrected chi connectivity index (χ2v) is 5.43. The predicted octanol–water partition coefficient (Wildman–Crippen LogP) is 1.97. The fourth-order valence-electron chi connectivity index (χ4n) is 2.27. The van der Waals surface area contributed by atoms with Crippen molar-refractivity contribution in [2.45, 2.75) is 19.9 Å². The lowest BCUT2D eigenvalue weighted by molar-refractivity contribution is -0.147. The standard InChI is InChI=1S/C14H16F2N2O3/c1-14(12(19)20)4-5-18(8-14)13(21)17-7-9-6-10(15)2-3-11(9)16/h2-3,6H,4-5,7-8H2,1H3,(H,17,21)(H,19,20). The van der Waals surface area contributed by atoms with Gasteiger partial charge < -0.3 is 15.3 Å². The van der Waals surface area contributed by atoms with Gasteiger partial charge in [0.15, 0.2) is 0 Å². The molecule has 0 spiro atoms. The number of aliphatic carboxylic acids is 1. The minimum atomic E-state index is -0.957. The fraction of sp³-hybridized carbons (Fsp3) is 0.429. The van der Waals surface area contributed by atoms with Gasteiger partial charge in [0, 0.05) is 25.2 Å². The Balaban J connectivity index is 1.94. The molecule has 1 aliphatic rings. The van der Waals surface area contributed by atoms with Crippen LogP contribution < -0.4 is 5.32 Å². The lowest BCUT2D eigenvalue weighted by Gasteiger charge is -2.20. The number of amides is 2. The second kappa shape index (κ2) is 5.67. The molecule has 0 aromatic heterocycles. The largest absolute Gasteiger partial charge is 0.481 e. The van der Waals surface area contributed by atoms with Crippen LogP contribution in [-0.2, 0) is 11.3 Å². The van der Waals surface area contributed by atoms with Crippen molar-refractivity contribution in [3.05, 3.63) is 35.4 Å². The fourth-order valence-corrected chi connectivity index (χ4v) is 2.27. The van der Waals surface area contributed by atoms with Gasteiger partial charge in [0.25, 0.3) is 0 Å². The molecule has 2 amide bonds. The van der Waals surface area contributed by atoms with Crippen LogP contribution in [-0.4, -0.2) is 35.1 Å². The molecule has 1 fully saturated rings. The Morgan fingerprint density at radius 1 is 1.43 bits per heavy atom. The number of halogens is 2. The van der Waals surface area contributed by atoms with Gasteiger partial charge in [-0.25, -0.2) is 13.6 Å². The highest BCUT2D eigenvalue weighted by atomic mass is 19.1. The van der Waals surface area contributed by atoms with Gasteiger partial charge in [0.05, 0.1) is 5.41 Å². The van der Waals surface area contributed by atoms with E-state index in [1.807, 2.05) is 0 Å². The van der Waals surface area contributed by atoms with Gasteiger partial charge >= 0.3 is 12.0 Å². The number of likely N-dealkylation sites (tertiary alicyclic amines) is 1. The number of hydrogen-bond acceptors (Lipinski definition) is 2. The van der Waals surface area contributed by atoms with Gasteiger partial charge in [0.1, 0.15) is 11.6 Å². The Morgan fingerprint density at radius 2 is 2.14 bits per heavy atom. The number of carbonyl (C=O) groups excluding carboxylic acids is 1. The molecule has 114 valence electrons. The van der Waals surface area contributed by atoms with E-state index >= 15 is 0 Å². The summed E-state index contributed by atoms with van der Waals surface area (Å²) in [6.45, 7) is 1.84. The lowest BCUT2D eigenvalue weighted by atomic mass is 9.90. The minimum absolute atomic E-state index is 0.0449. The van der Waals surface area contributed by atoms with E-state index in [9.17, 15) is 18.4 Å². The molecular formula is C14H16F2N2O3. The maximum Gasteiger partial charge on any atom is 0.317 e. The van der Waals surface area contributed by atoms with E-state index in [4.69, 9.17) is 5.11 Å². The van der Waals surface area contributed by atoms with Crippen molar-refractivity contribution in [2.75, 3.05) is 13.1 Å². The van der Waals surface area contributed by atoms with Crippen molar-refractivity contribution in [2.24, 2.45) is 5.41 Å². The van der Waals surface area contributed by atoms with Crippen LogP contribution >= 0.6 is 0 Å². The van der Waals surface area contributed by atoms with Crippen molar-refractivity contribution in [3.63, 3.8) is 0 Å². The molecule has 5 nitrogen and oxygen atoms in total. The number of carboxylic acids is 1. The van der Waals surface area contributed by atoms with E-state index < -0.39 is 29.0 Å². The highest BCUT2D eigenvalue weighted by Gasteiger charge is 2.42. The molecule has 0 bridgehead atoms. The number of benzene rings is 1. The zero-order chi connectivity index (χ0) is 15.6. The van der Waals surface area contributed by atoms with E-state index in [2.05, 4.69) is 5.32 Å². The van der Waals surface area contributed by atoms with Crippen LogP contribution in [0.1, 0.15) is 18.9 Å². The molecule has 7 heteroatoms. The first-order valence-corrected chi connectivity index (χ1v) is 6.52. The number of hydrogen-bond donors (Lipinski definition) is 2. The Hall–Kier alpha value is -2.18. The molecule has 1 atom stereocenters. The molecule has 1 aromatic carbocycles. The first-order chi connectivity index (χ1) is 9.82. The molecular weight excluding hydrogens is 282 g/mol. The Labute approximate surface area is 120 Å². The van der Waals surface area contributed by atoms with Crippen molar-refractivity contribution in [3.8, 4) is 0 Å². The summed E-state index contributed by atoms with van der Waals surface area (Å²) in [5.41, 5.74) is -0.912. The quantitative estimate of drug-likeness (QED) is 0.896. The zero-order valence-electron chi connectivity index (χ0n) is 11.5. The summed E-state index contributed by atoms with van der Waals surface area (Å²) in [5.74, 6) is -2.14. The van der Waals surface area contributed by atoms with E-state index in [1.165, 1.54) is 4.90 Å². The van der Waals surface area contributed by atoms with E-state index in [0.29, 0.717) is 13.0 Å². The van der Waals surface area contributed by atoms with E-state index in [-0.39, 0.29) is 18.7 Å². The Kier molecular flexibility index (Phi) is 4.11. The normalized spacial score (nSPS) is 21.4. The number of nitrogens with zero attached hydrogens (tertiary/aromatic N) is 1. The smallest absolute Gasteiger partial charge is 0.317 e. The number of urea groups is 1. The Bertz CT molecular complexity index is 579. The first-order valence-electron chi connectivity index (χ1n) is 6.52. The maximum absolute atomic E-state index is 13.4. The monoisotopic (exact) mass is 298 g/mol. The van der Waals surface area contributed by atoms with Crippen LogP contribution in [0.25, 0.3) is 0 Å². The number of nitrogens with one attached hydrogen (secondary N) is 1. The maximum atomic E-state index is 13.4. The lowest BCUT2D eigenvalue weighted by Crippen LogP contribution is -2.40. The molecule has 0 radical (unpaired) electrons. The third kappa shape index (κ3) is 3.29. The van der Waals surface area contributed by atoms with Crippen LogP contribution in [0.5, 0.6) is 0 Å². The molecule has 0 aliphatic carbocycles. The minimum Gasteiger partial charge on any atom is -0.481 e. The van der Waals surface area contributed by atoms with Gasteiger partial charge in [-0.05, 0) is 31.5 Å². The van der Waals surface area contributed by atoms with Crippen molar-refractivity contribution < 1.29 is 23.5 Å². The molecule has 1 saturated heterocycles. The second-order valence-electron chi connectivity index (χ2n) is 5.43. The van der Waals surface area contributed by atoms with Crippen molar-refractivity contribution in [1.29, 1.82) is 0 Å². The van der Waals surface area contributed by atoms with E-state index in [0.717, 1.165) is 18.2 Å². The third-order valence-corrected chi connectivity index (χ3v) is 3.71. The Morgan fingerprint density at radius 3 is 2.76 bits per heavy atom. The van der Waals surface area contributed by atoms with Crippen LogP contribution in [0.15, 0.2) is 18.2 Å². The molecule has 2 rings (SSSR count). The number of carbonyl (C=O) groups is 2. The number of rotatable bonds is 3. The van der Waals surface area contributed by atoms with Gasteiger partial charge in [0.2, 0.25) is 0 Å². The van der Waals surface area contributed by atoms with Crippen molar-refractivity contribution >= 4 is 12.0 Å². The van der Waals surface area contributed by atoms with Gasteiger partial charge in [-0.1, -0.05) is 0 Å². The molecule has 2 N–H and O–H groups in total. The summed E-state index contributed by atoms with van der Waals surface area (Å²) in [6.07, 6.45) is 0.365. The van der Waals surface area contributed by atoms with Gasteiger partial charge in [-0.15, -0.1) is 0 Å². The molecule has 1 heterocycles. The molecule has 1 aromatic rings. The van der Waals surface area contributed by atoms with Crippen LogP contribution in [0.3, 0.4) is 0 Å². The summed E-state index contributed by atoms with van der Waals surface area (Å²) in [6, 6.07) is 2.53. The summed E-state index contributed by atoms with van der Waals surface area (Å²) in [5, 5.41) is 11.6. The van der Waals surface area contributed by atoms with Gasteiger partial charge in [-0.2, -0.15) is 0 Å². The highest BCUT2D eigenvalue weighted by molar-refractivity contribution is 5.79. The van der Waals surface area contributed by atoms with Gasteiger partial charge in [-0.3, -0.25) is 4.79 Å². The average molecular weight is 298 g/mol. The molecule has 1 aliphatic heterocycles. The zero-order valence-corrected chi connectivity index (χ0v) is 11.5. The summed E-state index contributed by atoms with van der Waals surface area (Å²) in [7, 11) is 0. The van der Waals surface area contributed by atoms with E-state index in [1.54, 1.807) is 6.92 Å². The summed E-state index contributed by atoms with van der Waals surface area (Å²) >= 11 is 0. The highest BCUT2D eigenvalue weighted by Crippen LogP contribution is 2.30. The third-order valence-electron chi connectivity index (χ3n) is 3.71. The molecule has 1 unspecified atom stereocenters. The SMILES string of the molecule is CC1(C(=O)O)CCN(C(=O)NCc2cc(F)ccc2F)C1. The topological polar surface area (TPSA) is 69.6 Å².